The van der Waals surface area contributed by atoms with Gasteiger partial charge in [-0.05, 0) is 12.1 Å². The fourth-order valence-electron chi connectivity index (χ4n) is 2.05. The Hall–Kier alpha value is -1.40. The maximum absolute atomic E-state index is 6.00. The van der Waals surface area contributed by atoms with Crippen LogP contribution >= 0.6 is 23.3 Å². The van der Waals surface area contributed by atoms with Gasteiger partial charge in [-0.1, -0.05) is 17.7 Å². The summed E-state index contributed by atoms with van der Waals surface area (Å²) in [5.74, 6) is 1.84. The standard InChI is InChI=1S/C11H12ClN5S/c12-10-11(15-18-14-10)17-7-5-16(6-8-17)9-3-1-2-4-13-9/h1-4H,5-8H2. The number of aromatic nitrogens is 3. The van der Waals surface area contributed by atoms with Crippen molar-refractivity contribution in [3.05, 3.63) is 29.5 Å². The highest BCUT2D eigenvalue weighted by molar-refractivity contribution is 6.99. The lowest BCUT2D eigenvalue weighted by atomic mass is 10.3. The molecule has 0 amide bonds. The second-order valence-corrected chi connectivity index (χ2v) is 4.93. The van der Waals surface area contributed by atoms with Crippen LogP contribution in [-0.4, -0.2) is 39.9 Å². The van der Waals surface area contributed by atoms with E-state index >= 15 is 0 Å². The molecule has 1 fully saturated rings. The fraction of sp³-hybridized carbons (Fsp3) is 0.364. The molecule has 5 nitrogen and oxygen atoms in total. The van der Waals surface area contributed by atoms with Gasteiger partial charge >= 0.3 is 0 Å². The van der Waals surface area contributed by atoms with Crippen LogP contribution in [0.5, 0.6) is 0 Å². The van der Waals surface area contributed by atoms with E-state index in [1.807, 2.05) is 24.4 Å². The van der Waals surface area contributed by atoms with Crippen molar-refractivity contribution in [2.75, 3.05) is 36.0 Å². The number of nitrogens with zero attached hydrogens (tertiary/aromatic N) is 5. The van der Waals surface area contributed by atoms with Gasteiger partial charge in [0.05, 0.1) is 11.7 Å². The molecular weight excluding hydrogens is 270 g/mol. The molecular formula is C11H12ClN5S. The predicted octanol–water partition coefficient (Wildman–Crippen LogP) is 1.91. The van der Waals surface area contributed by atoms with E-state index < -0.39 is 0 Å². The fourth-order valence-corrected chi connectivity index (χ4v) is 2.83. The highest BCUT2D eigenvalue weighted by Gasteiger charge is 2.21. The molecule has 0 bridgehead atoms. The van der Waals surface area contributed by atoms with Crippen molar-refractivity contribution in [2.45, 2.75) is 0 Å². The van der Waals surface area contributed by atoms with E-state index in [9.17, 15) is 0 Å². The molecule has 0 N–H and O–H groups in total. The lowest BCUT2D eigenvalue weighted by Gasteiger charge is -2.35. The minimum absolute atomic E-state index is 0.506. The highest BCUT2D eigenvalue weighted by atomic mass is 35.5. The number of piperazine rings is 1. The average Bonchev–Trinajstić information content (AvgIpc) is 2.86. The number of rotatable bonds is 2. The number of hydrogen-bond acceptors (Lipinski definition) is 6. The SMILES string of the molecule is Clc1nsnc1N1CCN(c2ccccn2)CC1. The summed E-state index contributed by atoms with van der Waals surface area (Å²) in [4.78, 5) is 8.80. The van der Waals surface area contributed by atoms with E-state index in [1.54, 1.807) is 0 Å². The van der Waals surface area contributed by atoms with Crippen LogP contribution in [0.1, 0.15) is 0 Å². The molecule has 1 saturated heterocycles. The first-order valence-corrected chi connectivity index (χ1v) is 6.84. The molecule has 0 spiro atoms. The Labute approximate surface area is 114 Å². The normalized spacial score (nSPS) is 16.1. The highest BCUT2D eigenvalue weighted by Crippen LogP contribution is 2.24. The summed E-state index contributed by atoms with van der Waals surface area (Å²) in [5.41, 5.74) is 0. The zero-order chi connectivity index (χ0) is 12.4. The molecule has 0 unspecified atom stereocenters. The molecule has 18 heavy (non-hydrogen) atoms. The molecule has 3 heterocycles. The minimum atomic E-state index is 0.506. The molecule has 2 aromatic rings. The number of anilines is 2. The van der Waals surface area contributed by atoms with E-state index in [2.05, 4.69) is 23.5 Å². The zero-order valence-corrected chi connectivity index (χ0v) is 11.2. The van der Waals surface area contributed by atoms with Crippen molar-refractivity contribution in [1.29, 1.82) is 0 Å². The second kappa shape index (κ2) is 5.07. The number of halogens is 1. The molecule has 0 atom stereocenters. The van der Waals surface area contributed by atoms with Gasteiger partial charge < -0.3 is 9.80 Å². The molecule has 3 rings (SSSR count). The lowest BCUT2D eigenvalue weighted by Crippen LogP contribution is -2.47. The van der Waals surface area contributed by atoms with E-state index in [1.165, 1.54) is 0 Å². The van der Waals surface area contributed by atoms with Crippen molar-refractivity contribution < 1.29 is 0 Å². The smallest absolute Gasteiger partial charge is 0.187 e. The molecule has 0 radical (unpaired) electrons. The topological polar surface area (TPSA) is 45.2 Å². The maximum atomic E-state index is 6.00. The summed E-state index contributed by atoms with van der Waals surface area (Å²) in [5, 5.41) is 0.506. The van der Waals surface area contributed by atoms with E-state index in [0.717, 1.165) is 49.5 Å². The quantitative estimate of drug-likeness (QED) is 0.841. The first kappa shape index (κ1) is 11.7. The van der Waals surface area contributed by atoms with Crippen molar-refractivity contribution in [3.8, 4) is 0 Å². The first-order valence-electron chi connectivity index (χ1n) is 5.73. The summed E-state index contributed by atoms with van der Waals surface area (Å²) >= 11 is 7.15. The Kier molecular flexibility index (Phi) is 3.29. The largest absolute Gasteiger partial charge is 0.353 e. The van der Waals surface area contributed by atoms with E-state index in [-0.39, 0.29) is 0 Å². The third-order valence-corrected chi connectivity index (χ3v) is 3.86. The van der Waals surface area contributed by atoms with Crippen LogP contribution < -0.4 is 9.80 Å². The Bertz CT molecular complexity index is 509. The van der Waals surface area contributed by atoms with Gasteiger partial charge in [0.25, 0.3) is 0 Å². The van der Waals surface area contributed by atoms with Crippen molar-refractivity contribution >= 4 is 35.0 Å². The molecule has 0 aliphatic carbocycles. The lowest BCUT2D eigenvalue weighted by molar-refractivity contribution is 0.643. The van der Waals surface area contributed by atoms with Crippen LogP contribution in [0.3, 0.4) is 0 Å². The molecule has 94 valence electrons. The zero-order valence-electron chi connectivity index (χ0n) is 9.66. The van der Waals surface area contributed by atoms with Crippen LogP contribution in [0.25, 0.3) is 0 Å². The van der Waals surface area contributed by atoms with Crippen molar-refractivity contribution in [2.24, 2.45) is 0 Å². The number of hydrogen-bond donors (Lipinski definition) is 0. The Morgan fingerprint density at radius 1 is 1.06 bits per heavy atom. The first-order chi connectivity index (χ1) is 8.84. The van der Waals surface area contributed by atoms with Gasteiger partial charge in [-0.25, -0.2) is 4.98 Å². The van der Waals surface area contributed by atoms with Gasteiger partial charge in [-0.3, -0.25) is 0 Å². The average molecular weight is 282 g/mol. The third kappa shape index (κ3) is 2.26. The van der Waals surface area contributed by atoms with Crippen LogP contribution in [0.15, 0.2) is 24.4 Å². The van der Waals surface area contributed by atoms with Crippen LogP contribution in [0.2, 0.25) is 5.15 Å². The minimum Gasteiger partial charge on any atom is -0.353 e. The van der Waals surface area contributed by atoms with Crippen molar-refractivity contribution in [3.63, 3.8) is 0 Å². The molecule has 0 aromatic carbocycles. The molecule has 0 saturated carbocycles. The predicted molar refractivity (Wildman–Crippen MR) is 73.6 cm³/mol. The Morgan fingerprint density at radius 3 is 2.44 bits per heavy atom. The molecule has 7 heteroatoms. The summed E-state index contributed by atoms with van der Waals surface area (Å²) in [6.45, 7) is 3.62. The van der Waals surface area contributed by atoms with Gasteiger partial charge in [0, 0.05) is 32.4 Å². The van der Waals surface area contributed by atoms with Crippen molar-refractivity contribution in [1.82, 2.24) is 13.7 Å². The monoisotopic (exact) mass is 281 g/mol. The summed E-state index contributed by atoms with van der Waals surface area (Å²) in [7, 11) is 0. The van der Waals surface area contributed by atoms with Gasteiger partial charge in [0.1, 0.15) is 5.82 Å². The summed E-state index contributed by atoms with van der Waals surface area (Å²) < 4.78 is 8.22. The van der Waals surface area contributed by atoms with Gasteiger partial charge in [0.2, 0.25) is 0 Å². The summed E-state index contributed by atoms with van der Waals surface area (Å²) in [6.07, 6.45) is 1.82. The number of pyridine rings is 1. The van der Waals surface area contributed by atoms with E-state index in [0.29, 0.717) is 5.15 Å². The second-order valence-electron chi connectivity index (χ2n) is 4.04. The Balaban J connectivity index is 1.67. The molecule has 2 aromatic heterocycles. The van der Waals surface area contributed by atoms with Gasteiger partial charge in [-0.2, -0.15) is 8.75 Å². The van der Waals surface area contributed by atoms with Gasteiger partial charge in [-0.15, -0.1) is 0 Å². The molecule has 1 aliphatic heterocycles. The Morgan fingerprint density at radius 2 is 1.83 bits per heavy atom. The maximum Gasteiger partial charge on any atom is 0.187 e. The van der Waals surface area contributed by atoms with E-state index in [4.69, 9.17) is 11.6 Å². The van der Waals surface area contributed by atoms with Crippen LogP contribution in [0, 0.1) is 0 Å². The molecule has 1 aliphatic rings. The van der Waals surface area contributed by atoms with Crippen LogP contribution in [-0.2, 0) is 0 Å². The van der Waals surface area contributed by atoms with Crippen LogP contribution in [0.4, 0.5) is 11.6 Å². The third-order valence-electron chi connectivity index (χ3n) is 2.99. The summed E-state index contributed by atoms with van der Waals surface area (Å²) in [6, 6.07) is 5.98. The van der Waals surface area contributed by atoms with Gasteiger partial charge in [0.15, 0.2) is 11.0 Å².